The van der Waals surface area contributed by atoms with Crippen molar-refractivity contribution in [2.45, 2.75) is 40.5 Å². The molecule has 0 bridgehead atoms. The second-order valence-electron chi connectivity index (χ2n) is 7.06. The van der Waals surface area contributed by atoms with Gasteiger partial charge in [-0.15, -0.1) is 0 Å². The summed E-state index contributed by atoms with van der Waals surface area (Å²) in [5, 5.41) is 2.33. The maximum Gasteiger partial charge on any atom is 0.163 e. The molecule has 0 amide bonds. The maximum atomic E-state index is 12.4. The zero-order chi connectivity index (χ0) is 14.8. The van der Waals surface area contributed by atoms with E-state index in [2.05, 4.69) is 39.8 Å². The molecule has 0 aliphatic rings. The highest BCUT2D eigenvalue weighted by Crippen LogP contribution is 2.27. The minimum Gasteiger partial charge on any atom is -0.294 e. The molecule has 0 aliphatic carbocycles. The van der Waals surface area contributed by atoms with Crippen LogP contribution in [0.25, 0.3) is 10.8 Å². The molecule has 1 atom stereocenters. The predicted octanol–water partition coefficient (Wildman–Crippen LogP) is 5.48. The standard InChI is InChI=1S/C19H24O/c1-14(13-19(2,3)4)11-18(20)17-10-9-15-7-5-6-8-16(15)12-17/h5-10,12,14H,11,13H2,1-4H3. The molecule has 0 fully saturated rings. The quantitative estimate of drug-likeness (QED) is 0.670. The summed E-state index contributed by atoms with van der Waals surface area (Å²) in [6, 6.07) is 14.2. The normalized spacial score (nSPS) is 13.4. The van der Waals surface area contributed by atoms with Crippen LogP contribution in [0.4, 0.5) is 0 Å². The van der Waals surface area contributed by atoms with Gasteiger partial charge in [-0.3, -0.25) is 4.79 Å². The van der Waals surface area contributed by atoms with Gasteiger partial charge in [-0.05, 0) is 34.6 Å². The lowest BCUT2D eigenvalue weighted by molar-refractivity contribution is 0.0954. The zero-order valence-corrected chi connectivity index (χ0v) is 12.9. The topological polar surface area (TPSA) is 17.1 Å². The smallest absolute Gasteiger partial charge is 0.163 e. The van der Waals surface area contributed by atoms with E-state index in [1.807, 2.05) is 30.3 Å². The van der Waals surface area contributed by atoms with Crippen molar-refractivity contribution in [3.63, 3.8) is 0 Å². The van der Waals surface area contributed by atoms with Crippen LogP contribution in [0.3, 0.4) is 0 Å². The zero-order valence-electron chi connectivity index (χ0n) is 12.9. The van der Waals surface area contributed by atoms with Crippen LogP contribution in [0, 0.1) is 11.3 Å². The van der Waals surface area contributed by atoms with Crippen molar-refractivity contribution >= 4 is 16.6 Å². The summed E-state index contributed by atoms with van der Waals surface area (Å²) in [5.41, 5.74) is 1.12. The molecule has 0 aliphatic heterocycles. The highest BCUT2D eigenvalue weighted by Gasteiger charge is 2.18. The number of rotatable bonds is 4. The van der Waals surface area contributed by atoms with E-state index in [0.717, 1.165) is 17.4 Å². The van der Waals surface area contributed by atoms with Gasteiger partial charge in [-0.2, -0.15) is 0 Å². The fourth-order valence-corrected chi connectivity index (χ4v) is 2.91. The Kier molecular flexibility index (Phi) is 4.27. The Bertz CT molecular complexity index is 604. The minimum absolute atomic E-state index is 0.257. The third kappa shape index (κ3) is 3.93. The number of ketones is 1. The van der Waals surface area contributed by atoms with E-state index in [-0.39, 0.29) is 11.2 Å². The van der Waals surface area contributed by atoms with Gasteiger partial charge in [0, 0.05) is 12.0 Å². The first-order chi connectivity index (χ1) is 9.35. The molecule has 1 unspecified atom stereocenters. The number of fused-ring (bicyclic) bond motifs is 1. The van der Waals surface area contributed by atoms with Gasteiger partial charge in [-0.1, -0.05) is 64.1 Å². The lowest BCUT2D eigenvalue weighted by Gasteiger charge is -2.22. The molecule has 1 nitrogen and oxygen atoms in total. The molecule has 0 aromatic heterocycles. The summed E-state index contributed by atoms with van der Waals surface area (Å²) in [5.74, 6) is 0.682. The van der Waals surface area contributed by atoms with Gasteiger partial charge in [0.15, 0.2) is 5.78 Å². The molecule has 0 radical (unpaired) electrons. The van der Waals surface area contributed by atoms with Crippen molar-refractivity contribution in [2.24, 2.45) is 11.3 Å². The largest absolute Gasteiger partial charge is 0.294 e. The summed E-state index contributed by atoms with van der Waals surface area (Å²) < 4.78 is 0. The number of benzene rings is 2. The van der Waals surface area contributed by atoms with Crippen LogP contribution < -0.4 is 0 Å². The summed E-state index contributed by atoms with van der Waals surface area (Å²) in [6.07, 6.45) is 1.71. The van der Waals surface area contributed by atoms with Crippen LogP contribution in [-0.2, 0) is 0 Å². The molecule has 1 heteroatoms. The van der Waals surface area contributed by atoms with Crippen molar-refractivity contribution in [3.8, 4) is 0 Å². The molecule has 2 rings (SSSR count). The maximum absolute atomic E-state index is 12.4. The number of hydrogen-bond acceptors (Lipinski definition) is 1. The van der Waals surface area contributed by atoms with Gasteiger partial charge in [0.05, 0.1) is 0 Å². The summed E-state index contributed by atoms with van der Waals surface area (Å²) in [7, 11) is 0. The molecule has 106 valence electrons. The minimum atomic E-state index is 0.257. The van der Waals surface area contributed by atoms with Crippen molar-refractivity contribution in [1.29, 1.82) is 0 Å². The van der Waals surface area contributed by atoms with E-state index in [9.17, 15) is 4.79 Å². The van der Waals surface area contributed by atoms with Gasteiger partial charge < -0.3 is 0 Å². The van der Waals surface area contributed by atoms with Crippen LogP contribution in [0.15, 0.2) is 42.5 Å². The van der Waals surface area contributed by atoms with Gasteiger partial charge in [0.2, 0.25) is 0 Å². The summed E-state index contributed by atoms with van der Waals surface area (Å²) in [6.45, 7) is 8.85. The van der Waals surface area contributed by atoms with E-state index in [1.54, 1.807) is 0 Å². The Balaban J connectivity index is 2.11. The van der Waals surface area contributed by atoms with Gasteiger partial charge in [0.25, 0.3) is 0 Å². The Morgan fingerprint density at radius 2 is 1.70 bits per heavy atom. The molecule has 2 aromatic rings. The Morgan fingerprint density at radius 1 is 1.05 bits per heavy atom. The van der Waals surface area contributed by atoms with E-state index < -0.39 is 0 Å². The van der Waals surface area contributed by atoms with Gasteiger partial charge in [0.1, 0.15) is 0 Å². The van der Waals surface area contributed by atoms with Crippen LogP contribution in [0.1, 0.15) is 50.9 Å². The molecular weight excluding hydrogens is 244 g/mol. The highest BCUT2D eigenvalue weighted by molar-refractivity contribution is 6.00. The first-order valence-corrected chi connectivity index (χ1v) is 7.37. The van der Waals surface area contributed by atoms with Crippen LogP contribution in [0.2, 0.25) is 0 Å². The molecular formula is C19H24O. The third-order valence-corrected chi connectivity index (χ3v) is 3.57. The molecule has 0 N–H and O–H groups in total. The number of carbonyl (C=O) groups is 1. The van der Waals surface area contributed by atoms with Gasteiger partial charge >= 0.3 is 0 Å². The van der Waals surface area contributed by atoms with Crippen molar-refractivity contribution in [3.05, 3.63) is 48.0 Å². The molecule has 0 saturated carbocycles. The third-order valence-electron chi connectivity index (χ3n) is 3.57. The van der Waals surface area contributed by atoms with E-state index in [1.165, 1.54) is 5.39 Å². The van der Waals surface area contributed by atoms with Crippen molar-refractivity contribution in [2.75, 3.05) is 0 Å². The lowest BCUT2D eigenvalue weighted by Crippen LogP contribution is -2.14. The Morgan fingerprint density at radius 3 is 2.35 bits per heavy atom. The van der Waals surface area contributed by atoms with Gasteiger partial charge in [-0.25, -0.2) is 0 Å². The fourth-order valence-electron chi connectivity index (χ4n) is 2.91. The second-order valence-corrected chi connectivity index (χ2v) is 7.06. The average Bonchev–Trinajstić information content (AvgIpc) is 2.35. The van der Waals surface area contributed by atoms with Crippen LogP contribution in [-0.4, -0.2) is 5.78 Å². The number of carbonyl (C=O) groups excluding carboxylic acids is 1. The summed E-state index contributed by atoms with van der Waals surface area (Å²) in [4.78, 5) is 12.4. The fraction of sp³-hybridized carbons (Fsp3) is 0.421. The van der Waals surface area contributed by atoms with E-state index in [4.69, 9.17) is 0 Å². The molecule has 0 saturated heterocycles. The molecule has 20 heavy (non-hydrogen) atoms. The number of Topliss-reactive ketones (excluding diaryl/α,β-unsaturated/α-hetero) is 1. The van der Waals surface area contributed by atoms with Crippen LogP contribution >= 0.6 is 0 Å². The highest BCUT2D eigenvalue weighted by atomic mass is 16.1. The summed E-state index contributed by atoms with van der Waals surface area (Å²) >= 11 is 0. The second kappa shape index (κ2) is 5.78. The monoisotopic (exact) mass is 268 g/mol. The van der Waals surface area contributed by atoms with Crippen molar-refractivity contribution in [1.82, 2.24) is 0 Å². The SMILES string of the molecule is CC(CC(=O)c1ccc2ccccc2c1)CC(C)(C)C. The Hall–Kier alpha value is -1.63. The average molecular weight is 268 g/mol. The van der Waals surface area contributed by atoms with E-state index >= 15 is 0 Å². The number of hydrogen-bond donors (Lipinski definition) is 0. The molecule has 0 heterocycles. The lowest BCUT2D eigenvalue weighted by atomic mass is 9.83. The van der Waals surface area contributed by atoms with Crippen molar-refractivity contribution < 1.29 is 4.79 Å². The Labute approximate surface area is 122 Å². The predicted molar refractivity (Wildman–Crippen MR) is 86.1 cm³/mol. The molecule has 0 spiro atoms. The molecule has 2 aromatic carbocycles. The van der Waals surface area contributed by atoms with E-state index in [0.29, 0.717) is 12.3 Å². The first-order valence-electron chi connectivity index (χ1n) is 7.37. The van der Waals surface area contributed by atoms with Crippen LogP contribution in [0.5, 0.6) is 0 Å². The first kappa shape index (κ1) is 14.8.